The van der Waals surface area contributed by atoms with E-state index in [0.29, 0.717) is 17.9 Å². The molecule has 0 aliphatic heterocycles. The van der Waals surface area contributed by atoms with Gasteiger partial charge in [0.05, 0.1) is 6.04 Å². The molecule has 0 aliphatic rings. The van der Waals surface area contributed by atoms with Crippen LogP contribution in [0.1, 0.15) is 57.2 Å². The molecule has 2 rings (SSSR count). The van der Waals surface area contributed by atoms with E-state index in [1.807, 2.05) is 0 Å². The lowest BCUT2D eigenvalue weighted by Crippen LogP contribution is -2.14. The zero-order valence-electron chi connectivity index (χ0n) is 13.6. The van der Waals surface area contributed by atoms with E-state index in [1.54, 1.807) is 0 Å². The third-order valence-corrected chi connectivity index (χ3v) is 3.82. The second kappa shape index (κ2) is 7.31. The monoisotopic (exact) mass is 281 g/mol. The van der Waals surface area contributed by atoms with E-state index < -0.39 is 0 Å². The van der Waals surface area contributed by atoms with Crippen molar-refractivity contribution in [1.82, 2.24) is 0 Å². The predicted molar refractivity (Wildman–Crippen MR) is 92.8 cm³/mol. The molecule has 0 aliphatic carbocycles. The van der Waals surface area contributed by atoms with Gasteiger partial charge in [0.15, 0.2) is 0 Å². The van der Waals surface area contributed by atoms with Gasteiger partial charge in [-0.2, -0.15) is 0 Å². The Morgan fingerprint density at radius 1 is 0.810 bits per heavy atom. The molecule has 21 heavy (non-hydrogen) atoms. The van der Waals surface area contributed by atoms with Crippen molar-refractivity contribution >= 4 is 5.69 Å². The summed E-state index contributed by atoms with van der Waals surface area (Å²) in [6, 6.07) is 19.8. The fraction of sp³-hybridized carbons (Fsp3) is 0.400. The fourth-order valence-corrected chi connectivity index (χ4v) is 2.75. The number of para-hydroxylation sites is 1. The maximum Gasteiger partial charge on any atom is 0.0516 e. The summed E-state index contributed by atoms with van der Waals surface area (Å²) < 4.78 is 0. The van der Waals surface area contributed by atoms with E-state index >= 15 is 0 Å². The molecular formula is C20H27N. The van der Waals surface area contributed by atoms with Gasteiger partial charge in [0, 0.05) is 5.69 Å². The summed E-state index contributed by atoms with van der Waals surface area (Å²) in [5.74, 6) is 1.19. The molecule has 0 aromatic heterocycles. The summed E-state index contributed by atoms with van der Waals surface area (Å²) in [4.78, 5) is 0. The molecule has 112 valence electrons. The first-order valence-electron chi connectivity index (χ1n) is 7.98. The minimum Gasteiger partial charge on any atom is -0.378 e. The highest BCUT2D eigenvalue weighted by atomic mass is 14.9. The van der Waals surface area contributed by atoms with Crippen LogP contribution in [0.4, 0.5) is 5.69 Å². The lowest BCUT2D eigenvalue weighted by molar-refractivity contribution is 0.530. The number of benzene rings is 2. The molecule has 0 amide bonds. The highest BCUT2D eigenvalue weighted by Crippen LogP contribution is 2.30. The van der Waals surface area contributed by atoms with Crippen molar-refractivity contribution in [3.63, 3.8) is 0 Å². The molecule has 0 fully saturated rings. The number of hydrogen-bond acceptors (Lipinski definition) is 1. The Bertz CT molecular complexity index is 543. The van der Waals surface area contributed by atoms with Crippen LogP contribution < -0.4 is 5.32 Å². The lowest BCUT2D eigenvalue weighted by atomic mass is 9.95. The summed E-state index contributed by atoms with van der Waals surface area (Å²) in [6.45, 7) is 9.07. The summed E-state index contributed by atoms with van der Waals surface area (Å²) in [5, 5.41) is 3.78. The van der Waals surface area contributed by atoms with Gasteiger partial charge < -0.3 is 5.32 Å². The van der Waals surface area contributed by atoms with Gasteiger partial charge in [-0.1, -0.05) is 76.2 Å². The molecule has 0 radical (unpaired) electrons. The first-order chi connectivity index (χ1) is 10.1. The Hall–Kier alpha value is -1.76. The zero-order chi connectivity index (χ0) is 15.2. The topological polar surface area (TPSA) is 12.0 Å². The van der Waals surface area contributed by atoms with Crippen molar-refractivity contribution in [2.24, 2.45) is 5.92 Å². The molecule has 0 spiro atoms. The van der Waals surface area contributed by atoms with Crippen LogP contribution in [0.15, 0.2) is 54.6 Å². The van der Waals surface area contributed by atoms with Crippen molar-refractivity contribution < 1.29 is 0 Å². The molecule has 1 heteroatoms. The Balaban J connectivity index is 2.27. The lowest BCUT2D eigenvalue weighted by Gasteiger charge is -2.24. The molecule has 0 saturated heterocycles. The van der Waals surface area contributed by atoms with Gasteiger partial charge >= 0.3 is 0 Å². The van der Waals surface area contributed by atoms with Crippen LogP contribution in [0.25, 0.3) is 0 Å². The second-order valence-electron chi connectivity index (χ2n) is 6.48. The zero-order valence-corrected chi connectivity index (χ0v) is 13.6. The van der Waals surface area contributed by atoms with Gasteiger partial charge in [-0.15, -0.1) is 0 Å². The summed E-state index contributed by atoms with van der Waals surface area (Å²) in [5.41, 5.74) is 4.02. The van der Waals surface area contributed by atoms with E-state index in [0.717, 1.165) is 6.42 Å². The Morgan fingerprint density at radius 2 is 1.43 bits per heavy atom. The molecule has 1 nitrogen and oxygen atoms in total. The van der Waals surface area contributed by atoms with Crippen molar-refractivity contribution in [3.8, 4) is 0 Å². The molecule has 0 heterocycles. The van der Waals surface area contributed by atoms with Crippen LogP contribution in [0, 0.1) is 5.92 Å². The smallest absolute Gasteiger partial charge is 0.0516 e. The second-order valence-corrected chi connectivity index (χ2v) is 6.48. The normalized spacial score (nSPS) is 12.7. The van der Waals surface area contributed by atoms with Gasteiger partial charge in [-0.25, -0.2) is 0 Å². The van der Waals surface area contributed by atoms with Gasteiger partial charge in [0.1, 0.15) is 0 Å². The SMILES string of the molecule is CC(C)CC(Nc1ccccc1C(C)C)c1ccccc1. The summed E-state index contributed by atoms with van der Waals surface area (Å²) in [7, 11) is 0. The number of hydrogen-bond donors (Lipinski definition) is 1. The maximum atomic E-state index is 3.78. The third-order valence-electron chi connectivity index (χ3n) is 3.82. The van der Waals surface area contributed by atoms with Crippen LogP contribution in [0.5, 0.6) is 0 Å². The van der Waals surface area contributed by atoms with Crippen LogP contribution >= 0.6 is 0 Å². The van der Waals surface area contributed by atoms with Gasteiger partial charge in [-0.3, -0.25) is 0 Å². The van der Waals surface area contributed by atoms with E-state index in [1.165, 1.54) is 16.8 Å². The van der Waals surface area contributed by atoms with E-state index in [2.05, 4.69) is 87.6 Å². The first-order valence-corrected chi connectivity index (χ1v) is 7.98. The third kappa shape index (κ3) is 4.35. The van der Waals surface area contributed by atoms with Gasteiger partial charge in [0.2, 0.25) is 0 Å². The fourth-order valence-electron chi connectivity index (χ4n) is 2.75. The Labute approximate surface area is 129 Å². The summed E-state index contributed by atoms with van der Waals surface area (Å²) in [6.07, 6.45) is 1.14. The number of nitrogens with one attached hydrogen (secondary N) is 1. The van der Waals surface area contributed by atoms with Crippen molar-refractivity contribution in [2.75, 3.05) is 5.32 Å². The number of anilines is 1. The van der Waals surface area contributed by atoms with Gasteiger partial charge in [-0.05, 0) is 35.4 Å². The maximum absolute atomic E-state index is 3.78. The van der Waals surface area contributed by atoms with E-state index in [4.69, 9.17) is 0 Å². The number of rotatable bonds is 6. The quantitative estimate of drug-likeness (QED) is 0.683. The average molecular weight is 281 g/mol. The van der Waals surface area contributed by atoms with Crippen LogP contribution in [0.3, 0.4) is 0 Å². The molecule has 2 aromatic carbocycles. The molecule has 1 N–H and O–H groups in total. The highest BCUT2D eigenvalue weighted by molar-refractivity contribution is 5.54. The molecule has 0 bridgehead atoms. The summed E-state index contributed by atoms with van der Waals surface area (Å²) >= 11 is 0. The van der Waals surface area contributed by atoms with Crippen molar-refractivity contribution in [1.29, 1.82) is 0 Å². The highest BCUT2D eigenvalue weighted by Gasteiger charge is 2.15. The Kier molecular flexibility index (Phi) is 5.44. The predicted octanol–water partition coefficient (Wildman–Crippen LogP) is 6.01. The van der Waals surface area contributed by atoms with E-state index in [-0.39, 0.29) is 0 Å². The van der Waals surface area contributed by atoms with Crippen LogP contribution in [-0.4, -0.2) is 0 Å². The standard InChI is InChI=1S/C20H27N/c1-15(2)14-20(17-10-6-5-7-11-17)21-19-13-9-8-12-18(19)16(3)4/h5-13,15-16,20-21H,14H2,1-4H3. The van der Waals surface area contributed by atoms with Crippen LogP contribution in [-0.2, 0) is 0 Å². The minimum atomic E-state index is 0.367. The Morgan fingerprint density at radius 3 is 2.05 bits per heavy atom. The van der Waals surface area contributed by atoms with Gasteiger partial charge in [0.25, 0.3) is 0 Å². The molecule has 0 saturated carbocycles. The first kappa shape index (κ1) is 15.6. The molecular weight excluding hydrogens is 254 g/mol. The minimum absolute atomic E-state index is 0.367. The van der Waals surface area contributed by atoms with Crippen molar-refractivity contribution in [2.45, 2.75) is 46.1 Å². The van der Waals surface area contributed by atoms with Crippen molar-refractivity contribution in [3.05, 3.63) is 65.7 Å². The molecule has 1 atom stereocenters. The average Bonchev–Trinajstić information content (AvgIpc) is 2.47. The molecule has 2 aromatic rings. The van der Waals surface area contributed by atoms with Crippen LogP contribution in [0.2, 0.25) is 0 Å². The molecule has 1 unspecified atom stereocenters. The largest absolute Gasteiger partial charge is 0.378 e. The van der Waals surface area contributed by atoms with E-state index in [9.17, 15) is 0 Å².